The van der Waals surface area contributed by atoms with E-state index in [4.69, 9.17) is 4.74 Å². The van der Waals surface area contributed by atoms with Gasteiger partial charge in [0.15, 0.2) is 11.4 Å². The van der Waals surface area contributed by atoms with E-state index in [1.807, 2.05) is 26.0 Å². The molecule has 8 nitrogen and oxygen atoms in total. The number of nitrogens with one attached hydrogen (secondary N) is 2. The minimum Gasteiger partial charge on any atom is -0.394 e. The average Bonchev–Trinajstić information content (AvgIpc) is 3.51. The van der Waals surface area contributed by atoms with Gasteiger partial charge in [0.25, 0.3) is 5.91 Å². The van der Waals surface area contributed by atoms with E-state index in [1.165, 1.54) is 0 Å². The van der Waals surface area contributed by atoms with E-state index < -0.39 is 48.5 Å². The van der Waals surface area contributed by atoms with Crippen molar-refractivity contribution in [3.8, 4) is 0 Å². The zero-order valence-electron chi connectivity index (χ0n) is 18.7. The highest BCUT2D eigenvalue weighted by Gasteiger charge is 2.54. The van der Waals surface area contributed by atoms with Crippen LogP contribution in [0.1, 0.15) is 50.0 Å². The second-order valence-electron chi connectivity index (χ2n) is 9.00. The normalized spacial score (nSPS) is 19.7. The van der Waals surface area contributed by atoms with Gasteiger partial charge in [-0.3, -0.25) is 14.4 Å². The number of hydrogen-bond acceptors (Lipinski definition) is 6. The van der Waals surface area contributed by atoms with Crippen LogP contribution in [0.4, 0.5) is 0 Å². The molecule has 1 aromatic carbocycles. The number of rotatable bonds is 12. The Labute approximate surface area is 183 Å². The standard InChI is InChI=1S/C23H34N2O6/c1-14(2)9-16-5-7-17(8-6-16)21(29)25-19(11-26)22(30)24-18(10-15(3)4)20(28)23(12-27)13-31-23/h5-8,14-15,18-19,26-27H,9-13H2,1-4H3,(H,24,30)(H,25,29)/t18-,19-,23+/m0/s1. The molecule has 0 bridgehead atoms. The largest absolute Gasteiger partial charge is 0.394 e. The van der Waals surface area contributed by atoms with E-state index in [9.17, 15) is 24.6 Å². The number of carbonyl (C=O) groups excluding carboxylic acids is 3. The number of Topliss-reactive ketones (excluding diaryl/α,β-unsaturated/α-hetero) is 1. The Kier molecular flexibility index (Phi) is 8.73. The molecule has 0 aromatic heterocycles. The quantitative estimate of drug-likeness (QED) is 0.361. The van der Waals surface area contributed by atoms with Gasteiger partial charge in [0, 0.05) is 5.56 Å². The second-order valence-corrected chi connectivity index (χ2v) is 9.00. The number of epoxide rings is 1. The van der Waals surface area contributed by atoms with E-state index in [0.717, 1.165) is 12.0 Å². The number of amides is 2. The van der Waals surface area contributed by atoms with Crippen molar-refractivity contribution in [1.29, 1.82) is 0 Å². The van der Waals surface area contributed by atoms with Crippen molar-refractivity contribution in [2.75, 3.05) is 19.8 Å². The molecule has 4 N–H and O–H groups in total. The summed E-state index contributed by atoms with van der Waals surface area (Å²) in [5.41, 5.74) is 0.222. The number of hydrogen-bond donors (Lipinski definition) is 4. The lowest BCUT2D eigenvalue weighted by Gasteiger charge is -2.24. The third-order valence-corrected chi connectivity index (χ3v) is 5.20. The highest BCUT2D eigenvalue weighted by Crippen LogP contribution is 2.30. The zero-order valence-corrected chi connectivity index (χ0v) is 18.7. The zero-order chi connectivity index (χ0) is 23.2. The maximum Gasteiger partial charge on any atom is 0.251 e. The topological polar surface area (TPSA) is 128 Å². The van der Waals surface area contributed by atoms with Crippen LogP contribution in [0.3, 0.4) is 0 Å². The fourth-order valence-electron chi connectivity index (χ4n) is 3.39. The van der Waals surface area contributed by atoms with Crippen LogP contribution < -0.4 is 10.6 Å². The van der Waals surface area contributed by atoms with Gasteiger partial charge >= 0.3 is 0 Å². The molecule has 0 aliphatic carbocycles. The molecule has 172 valence electrons. The lowest BCUT2D eigenvalue weighted by Crippen LogP contribution is -2.55. The van der Waals surface area contributed by atoms with Crippen LogP contribution in [-0.2, 0) is 20.7 Å². The number of aliphatic hydroxyl groups is 2. The second kappa shape index (κ2) is 10.8. The van der Waals surface area contributed by atoms with Gasteiger partial charge < -0.3 is 25.6 Å². The number of carbonyl (C=O) groups is 3. The van der Waals surface area contributed by atoms with Crippen LogP contribution in [0.25, 0.3) is 0 Å². The first kappa shape index (κ1) is 25.0. The molecule has 2 rings (SSSR count). The molecule has 3 atom stereocenters. The summed E-state index contributed by atoms with van der Waals surface area (Å²) in [5.74, 6) is -0.972. The maximum atomic E-state index is 12.7. The number of benzene rings is 1. The highest BCUT2D eigenvalue weighted by molar-refractivity contribution is 6.00. The van der Waals surface area contributed by atoms with Crippen LogP contribution in [0.5, 0.6) is 0 Å². The fraction of sp³-hybridized carbons (Fsp3) is 0.609. The molecular weight excluding hydrogens is 400 g/mol. The molecule has 1 aliphatic rings. The summed E-state index contributed by atoms with van der Waals surface area (Å²) in [5, 5.41) is 24.2. The average molecular weight is 435 g/mol. The Morgan fingerprint density at radius 3 is 2.06 bits per heavy atom. The van der Waals surface area contributed by atoms with Gasteiger partial charge in [0.1, 0.15) is 6.04 Å². The summed E-state index contributed by atoms with van der Waals surface area (Å²) in [4.78, 5) is 38.0. The molecule has 0 spiro atoms. The summed E-state index contributed by atoms with van der Waals surface area (Å²) in [6, 6.07) is 4.99. The molecule has 1 aromatic rings. The van der Waals surface area contributed by atoms with Crippen LogP contribution in [0, 0.1) is 11.8 Å². The van der Waals surface area contributed by atoms with Crippen LogP contribution in [-0.4, -0.2) is 65.3 Å². The molecule has 1 heterocycles. The molecule has 8 heteroatoms. The third-order valence-electron chi connectivity index (χ3n) is 5.20. The Morgan fingerprint density at radius 1 is 1.00 bits per heavy atom. The number of ketones is 1. The van der Waals surface area contributed by atoms with Gasteiger partial charge in [-0.25, -0.2) is 0 Å². The van der Waals surface area contributed by atoms with E-state index in [2.05, 4.69) is 24.5 Å². The van der Waals surface area contributed by atoms with Gasteiger partial charge in [0.2, 0.25) is 5.91 Å². The first-order chi connectivity index (χ1) is 14.6. The summed E-state index contributed by atoms with van der Waals surface area (Å²) >= 11 is 0. The van der Waals surface area contributed by atoms with Gasteiger partial charge in [0.05, 0.1) is 25.9 Å². The molecule has 1 fully saturated rings. The summed E-state index contributed by atoms with van der Waals surface area (Å²) in [6.45, 7) is 7.07. The summed E-state index contributed by atoms with van der Waals surface area (Å²) in [7, 11) is 0. The molecule has 2 amide bonds. The molecule has 0 unspecified atom stereocenters. The van der Waals surface area contributed by atoms with E-state index in [1.54, 1.807) is 12.1 Å². The first-order valence-electron chi connectivity index (χ1n) is 10.7. The Morgan fingerprint density at radius 2 is 1.61 bits per heavy atom. The Balaban J connectivity index is 2.03. The summed E-state index contributed by atoms with van der Waals surface area (Å²) < 4.78 is 5.12. The lowest BCUT2D eigenvalue weighted by atomic mass is 9.92. The van der Waals surface area contributed by atoms with Crippen molar-refractivity contribution >= 4 is 17.6 Å². The summed E-state index contributed by atoms with van der Waals surface area (Å²) in [6.07, 6.45) is 1.24. The van der Waals surface area contributed by atoms with E-state index in [0.29, 0.717) is 17.9 Å². The SMILES string of the molecule is CC(C)Cc1ccc(C(=O)N[C@@H](CO)C(=O)N[C@@H](CC(C)C)C(=O)[C@@]2(CO)CO2)cc1. The predicted octanol–water partition coefficient (Wildman–Crippen LogP) is 0.837. The first-order valence-corrected chi connectivity index (χ1v) is 10.7. The molecule has 0 radical (unpaired) electrons. The van der Waals surface area contributed by atoms with Crippen LogP contribution in [0.15, 0.2) is 24.3 Å². The number of aliphatic hydroxyl groups excluding tert-OH is 2. The van der Waals surface area contributed by atoms with Crippen molar-refractivity contribution in [2.24, 2.45) is 11.8 Å². The molecule has 0 saturated carbocycles. The van der Waals surface area contributed by atoms with Gasteiger partial charge in [-0.05, 0) is 42.4 Å². The monoisotopic (exact) mass is 434 g/mol. The lowest BCUT2D eigenvalue weighted by molar-refractivity contribution is -0.133. The minimum absolute atomic E-state index is 0.0928. The van der Waals surface area contributed by atoms with E-state index >= 15 is 0 Å². The molecule has 31 heavy (non-hydrogen) atoms. The molecule has 1 aliphatic heterocycles. The Hall–Kier alpha value is -2.29. The van der Waals surface area contributed by atoms with Crippen molar-refractivity contribution in [1.82, 2.24) is 10.6 Å². The predicted molar refractivity (Wildman–Crippen MR) is 115 cm³/mol. The molecule has 1 saturated heterocycles. The Bertz CT molecular complexity index is 771. The smallest absolute Gasteiger partial charge is 0.251 e. The van der Waals surface area contributed by atoms with Gasteiger partial charge in [-0.1, -0.05) is 39.8 Å². The molecular formula is C23H34N2O6. The minimum atomic E-state index is -1.26. The van der Waals surface area contributed by atoms with Crippen molar-refractivity contribution in [3.05, 3.63) is 35.4 Å². The van der Waals surface area contributed by atoms with Gasteiger partial charge in [-0.15, -0.1) is 0 Å². The van der Waals surface area contributed by atoms with Crippen LogP contribution >= 0.6 is 0 Å². The fourth-order valence-corrected chi connectivity index (χ4v) is 3.39. The van der Waals surface area contributed by atoms with Crippen molar-refractivity contribution < 1.29 is 29.3 Å². The van der Waals surface area contributed by atoms with Gasteiger partial charge in [-0.2, -0.15) is 0 Å². The maximum absolute atomic E-state index is 12.7. The van der Waals surface area contributed by atoms with Crippen molar-refractivity contribution in [3.63, 3.8) is 0 Å². The van der Waals surface area contributed by atoms with E-state index in [-0.39, 0.29) is 12.5 Å². The van der Waals surface area contributed by atoms with Crippen LogP contribution in [0.2, 0.25) is 0 Å². The third kappa shape index (κ3) is 6.85. The van der Waals surface area contributed by atoms with Crippen molar-refractivity contribution in [2.45, 2.75) is 58.2 Å². The highest BCUT2D eigenvalue weighted by atomic mass is 16.6. The number of ether oxygens (including phenoxy) is 1.